The second kappa shape index (κ2) is 7.63. The first-order valence-corrected chi connectivity index (χ1v) is 8.78. The first-order valence-electron chi connectivity index (χ1n) is 8.78. The van der Waals surface area contributed by atoms with E-state index in [1.54, 1.807) is 0 Å². The number of hydrogen-bond acceptors (Lipinski definition) is 2. The van der Waals surface area contributed by atoms with Gasteiger partial charge in [0.1, 0.15) is 0 Å². The van der Waals surface area contributed by atoms with Gasteiger partial charge in [0.2, 0.25) is 5.91 Å². The third-order valence-electron chi connectivity index (χ3n) is 4.94. The summed E-state index contributed by atoms with van der Waals surface area (Å²) in [6, 6.07) is 16.8. The summed E-state index contributed by atoms with van der Waals surface area (Å²) in [7, 11) is 0. The molecular weight excluding hydrogens is 296 g/mol. The Hall–Kier alpha value is -2.13. The maximum Gasteiger partial charge on any atom is 0.226 e. The molecule has 2 aromatic carbocycles. The first kappa shape index (κ1) is 16.7. The molecule has 0 saturated carbocycles. The zero-order valence-electron chi connectivity index (χ0n) is 14.4. The van der Waals surface area contributed by atoms with Crippen LogP contribution in [-0.4, -0.2) is 23.9 Å². The van der Waals surface area contributed by atoms with Crippen molar-refractivity contribution in [2.24, 2.45) is 5.73 Å². The van der Waals surface area contributed by atoms with Gasteiger partial charge in [0.15, 0.2) is 0 Å². The van der Waals surface area contributed by atoms with Crippen LogP contribution < -0.4 is 5.73 Å². The van der Waals surface area contributed by atoms with Crippen LogP contribution in [0.5, 0.6) is 0 Å². The molecule has 0 bridgehead atoms. The summed E-state index contributed by atoms with van der Waals surface area (Å²) >= 11 is 0. The zero-order chi connectivity index (χ0) is 16.9. The molecule has 3 nitrogen and oxygen atoms in total. The van der Waals surface area contributed by atoms with Gasteiger partial charge in [-0.1, -0.05) is 54.1 Å². The molecule has 3 heteroatoms. The SMILES string of the molecule is Cc1cccc(CC(=O)N2CCC(c3cccc(CN)c3)CC2)c1. The second-order valence-corrected chi connectivity index (χ2v) is 6.77. The number of nitrogens with two attached hydrogens (primary N) is 1. The van der Waals surface area contributed by atoms with Crippen molar-refractivity contribution in [3.63, 3.8) is 0 Å². The molecule has 1 aliphatic rings. The minimum Gasteiger partial charge on any atom is -0.342 e. The van der Waals surface area contributed by atoms with Gasteiger partial charge in [-0.2, -0.15) is 0 Å². The molecule has 1 heterocycles. The number of amides is 1. The van der Waals surface area contributed by atoms with Crippen LogP contribution in [0.1, 0.15) is 41.0 Å². The highest BCUT2D eigenvalue weighted by molar-refractivity contribution is 5.79. The van der Waals surface area contributed by atoms with Gasteiger partial charge in [0, 0.05) is 19.6 Å². The fourth-order valence-electron chi connectivity index (χ4n) is 3.54. The molecule has 24 heavy (non-hydrogen) atoms. The molecule has 0 unspecified atom stereocenters. The Labute approximate surface area is 144 Å². The standard InChI is InChI=1S/C21H26N2O/c1-16-4-2-5-17(12-16)14-21(24)23-10-8-19(9-11-23)20-7-3-6-18(13-20)15-22/h2-7,12-13,19H,8-11,14-15,22H2,1H3. The molecule has 1 fully saturated rings. The van der Waals surface area contributed by atoms with Crippen LogP contribution in [0.4, 0.5) is 0 Å². The number of carbonyl (C=O) groups is 1. The predicted octanol–water partition coefficient (Wildman–Crippen LogP) is 3.40. The third kappa shape index (κ3) is 4.04. The molecule has 3 rings (SSSR count). The molecule has 0 atom stereocenters. The summed E-state index contributed by atoms with van der Waals surface area (Å²) in [6.45, 7) is 4.35. The summed E-state index contributed by atoms with van der Waals surface area (Å²) in [4.78, 5) is 14.6. The van der Waals surface area contributed by atoms with Crippen molar-refractivity contribution >= 4 is 5.91 Å². The van der Waals surface area contributed by atoms with Gasteiger partial charge in [-0.3, -0.25) is 4.79 Å². The van der Waals surface area contributed by atoms with Crippen molar-refractivity contribution < 1.29 is 4.79 Å². The fourth-order valence-corrected chi connectivity index (χ4v) is 3.54. The van der Waals surface area contributed by atoms with Crippen LogP contribution in [-0.2, 0) is 17.8 Å². The summed E-state index contributed by atoms with van der Waals surface area (Å²) in [6.07, 6.45) is 2.58. The number of carbonyl (C=O) groups excluding carboxylic acids is 1. The average Bonchev–Trinajstić information content (AvgIpc) is 2.62. The molecule has 0 radical (unpaired) electrons. The van der Waals surface area contributed by atoms with Crippen molar-refractivity contribution in [3.05, 3.63) is 70.8 Å². The summed E-state index contributed by atoms with van der Waals surface area (Å²) < 4.78 is 0. The highest BCUT2D eigenvalue weighted by Crippen LogP contribution is 2.28. The predicted molar refractivity (Wildman–Crippen MR) is 97.8 cm³/mol. The van der Waals surface area contributed by atoms with Gasteiger partial charge in [0.25, 0.3) is 0 Å². The zero-order valence-corrected chi connectivity index (χ0v) is 14.4. The number of rotatable bonds is 4. The molecule has 2 N–H and O–H groups in total. The highest BCUT2D eigenvalue weighted by Gasteiger charge is 2.23. The Morgan fingerprint density at radius 1 is 1.08 bits per heavy atom. The fraction of sp³-hybridized carbons (Fsp3) is 0.381. The quantitative estimate of drug-likeness (QED) is 0.938. The van der Waals surface area contributed by atoms with Gasteiger partial charge in [0.05, 0.1) is 6.42 Å². The molecule has 1 amide bonds. The number of aryl methyl sites for hydroxylation is 1. The van der Waals surface area contributed by atoms with Crippen LogP contribution >= 0.6 is 0 Å². The number of piperidine rings is 1. The molecule has 126 valence electrons. The van der Waals surface area contributed by atoms with Gasteiger partial charge < -0.3 is 10.6 Å². The highest BCUT2D eigenvalue weighted by atomic mass is 16.2. The average molecular weight is 322 g/mol. The van der Waals surface area contributed by atoms with Crippen molar-refractivity contribution in [2.75, 3.05) is 13.1 Å². The Kier molecular flexibility index (Phi) is 5.31. The van der Waals surface area contributed by atoms with E-state index < -0.39 is 0 Å². The van der Waals surface area contributed by atoms with Gasteiger partial charge in [-0.15, -0.1) is 0 Å². The van der Waals surface area contributed by atoms with E-state index in [9.17, 15) is 4.79 Å². The second-order valence-electron chi connectivity index (χ2n) is 6.77. The Bertz CT molecular complexity index is 702. The Morgan fingerprint density at radius 2 is 1.79 bits per heavy atom. The van der Waals surface area contributed by atoms with Crippen molar-refractivity contribution in [3.8, 4) is 0 Å². The number of benzene rings is 2. The van der Waals surface area contributed by atoms with Gasteiger partial charge in [-0.25, -0.2) is 0 Å². The van der Waals surface area contributed by atoms with E-state index in [-0.39, 0.29) is 5.91 Å². The number of likely N-dealkylation sites (tertiary alicyclic amines) is 1. The van der Waals surface area contributed by atoms with Crippen LogP contribution in [0.15, 0.2) is 48.5 Å². The van der Waals surface area contributed by atoms with Gasteiger partial charge in [-0.05, 0) is 42.4 Å². The lowest BCUT2D eigenvalue weighted by Gasteiger charge is -2.32. The minimum absolute atomic E-state index is 0.245. The molecule has 2 aromatic rings. The molecule has 0 spiro atoms. The van der Waals surface area contributed by atoms with E-state index >= 15 is 0 Å². The van der Waals surface area contributed by atoms with Gasteiger partial charge >= 0.3 is 0 Å². The normalized spacial score (nSPS) is 15.5. The maximum atomic E-state index is 12.5. The summed E-state index contributed by atoms with van der Waals surface area (Å²) in [5.41, 5.74) is 10.6. The first-order chi connectivity index (χ1) is 11.7. The molecule has 0 aromatic heterocycles. The molecular formula is C21H26N2O. The summed E-state index contributed by atoms with van der Waals surface area (Å²) in [5, 5.41) is 0. The van der Waals surface area contributed by atoms with Crippen molar-refractivity contribution in [1.29, 1.82) is 0 Å². The Morgan fingerprint density at radius 3 is 2.50 bits per heavy atom. The minimum atomic E-state index is 0.245. The van der Waals surface area contributed by atoms with E-state index in [1.807, 2.05) is 17.0 Å². The lowest BCUT2D eigenvalue weighted by atomic mass is 9.88. The van der Waals surface area contributed by atoms with Crippen molar-refractivity contribution in [1.82, 2.24) is 4.90 Å². The van der Waals surface area contributed by atoms with Crippen molar-refractivity contribution in [2.45, 2.75) is 38.6 Å². The van der Waals surface area contributed by atoms with E-state index in [1.165, 1.54) is 16.7 Å². The topological polar surface area (TPSA) is 46.3 Å². The number of nitrogens with zero attached hydrogens (tertiary/aromatic N) is 1. The van der Waals surface area contributed by atoms with Crippen LogP contribution in [0.2, 0.25) is 0 Å². The lowest BCUT2D eigenvalue weighted by Crippen LogP contribution is -2.38. The van der Waals surface area contributed by atoms with E-state index in [0.717, 1.165) is 31.5 Å². The van der Waals surface area contributed by atoms with Crippen LogP contribution in [0, 0.1) is 6.92 Å². The summed E-state index contributed by atoms with van der Waals surface area (Å²) in [5.74, 6) is 0.786. The van der Waals surface area contributed by atoms with Crippen LogP contribution in [0.25, 0.3) is 0 Å². The van der Waals surface area contributed by atoms with E-state index in [2.05, 4.69) is 43.3 Å². The van der Waals surface area contributed by atoms with E-state index in [4.69, 9.17) is 5.73 Å². The smallest absolute Gasteiger partial charge is 0.226 e. The monoisotopic (exact) mass is 322 g/mol. The lowest BCUT2D eigenvalue weighted by molar-refractivity contribution is -0.131. The Balaban J connectivity index is 1.57. The van der Waals surface area contributed by atoms with E-state index in [0.29, 0.717) is 18.9 Å². The van der Waals surface area contributed by atoms with Crippen LogP contribution in [0.3, 0.4) is 0 Å². The molecule has 0 aliphatic carbocycles. The third-order valence-corrected chi connectivity index (χ3v) is 4.94. The largest absolute Gasteiger partial charge is 0.342 e. The maximum absolute atomic E-state index is 12.5. The number of hydrogen-bond donors (Lipinski definition) is 1. The molecule has 1 aliphatic heterocycles. The molecule has 1 saturated heterocycles.